The van der Waals surface area contributed by atoms with Gasteiger partial charge in [-0.1, -0.05) is 35.5 Å². The second-order valence-electron chi connectivity index (χ2n) is 4.77. The molecule has 0 aliphatic rings. The Morgan fingerprint density at radius 3 is 2.86 bits per heavy atom. The van der Waals surface area contributed by atoms with Crippen molar-refractivity contribution in [3.05, 3.63) is 66.3 Å². The van der Waals surface area contributed by atoms with Crippen LogP contribution in [0, 0.1) is 0 Å². The van der Waals surface area contributed by atoms with E-state index < -0.39 is 0 Å². The highest BCUT2D eigenvalue weighted by molar-refractivity contribution is 5.90. The molecular weight excluding hydrogens is 264 g/mol. The van der Waals surface area contributed by atoms with E-state index in [0.29, 0.717) is 18.1 Å². The van der Waals surface area contributed by atoms with Crippen molar-refractivity contribution in [3.8, 4) is 11.4 Å². The number of aromatic amines is 1. The van der Waals surface area contributed by atoms with Gasteiger partial charge in [0.1, 0.15) is 5.65 Å². The van der Waals surface area contributed by atoms with Crippen LogP contribution in [-0.4, -0.2) is 20.1 Å². The number of hydrogen-bond acceptors (Lipinski definition) is 4. The zero-order chi connectivity index (χ0) is 14.1. The number of aromatic nitrogens is 4. The van der Waals surface area contributed by atoms with Crippen LogP contribution < -0.4 is 0 Å². The first-order valence-electron chi connectivity index (χ1n) is 6.69. The molecule has 5 heteroatoms. The Kier molecular flexibility index (Phi) is 2.74. The Labute approximate surface area is 120 Å². The Morgan fingerprint density at radius 2 is 1.95 bits per heavy atom. The summed E-state index contributed by atoms with van der Waals surface area (Å²) in [6.07, 6.45) is 4.22. The smallest absolute Gasteiger partial charge is 0.231 e. The molecular formula is C16H12N4O. The summed E-state index contributed by atoms with van der Waals surface area (Å²) in [5.41, 5.74) is 2.89. The van der Waals surface area contributed by atoms with Crippen molar-refractivity contribution in [2.45, 2.75) is 6.42 Å². The van der Waals surface area contributed by atoms with Gasteiger partial charge >= 0.3 is 0 Å². The topological polar surface area (TPSA) is 67.6 Å². The van der Waals surface area contributed by atoms with E-state index in [9.17, 15) is 0 Å². The van der Waals surface area contributed by atoms with Crippen LogP contribution in [0.5, 0.6) is 0 Å². The molecule has 0 aliphatic heterocycles. The van der Waals surface area contributed by atoms with Crippen LogP contribution in [-0.2, 0) is 6.42 Å². The maximum atomic E-state index is 5.36. The maximum Gasteiger partial charge on any atom is 0.231 e. The SMILES string of the molecule is c1ccc(Cc2nc(-c3ccnc4[nH]ccc34)no2)cc1. The zero-order valence-corrected chi connectivity index (χ0v) is 11.2. The first kappa shape index (κ1) is 11.8. The van der Waals surface area contributed by atoms with Crippen molar-refractivity contribution in [2.75, 3.05) is 0 Å². The largest absolute Gasteiger partial charge is 0.346 e. The van der Waals surface area contributed by atoms with E-state index in [1.807, 2.05) is 48.7 Å². The molecule has 3 heterocycles. The lowest BCUT2D eigenvalue weighted by Crippen LogP contribution is -1.88. The fourth-order valence-electron chi connectivity index (χ4n) is 2.36. The van der Waals surface area contributed by atoms with Gasteiger partial charge in [0.15, 0.2) is 0 Å². The molecule has 0 unspecified atom stereocenters. The highest BCUT2D eigenvalue weighted by Crippen LogP contribution is 2.24. The van der Waals surface area contributed by atoms with Gasteiger partial charge in [0.2, 0.25) is 11.7 Å². The molecule has 21 heavy (non-hydrogen) atoms. The molecule has 5 nitrogen and oxygen atoms in total. The molecule has 4 rings (SSSR count). The second-order valence-corrected chi connectivity index (χ2v) is 4.77. The van der Waals surface area contributed by atoms with Crippen molar-refractivity contribution in [1.82, 2.24) is 20.1 Å². The number of hydrogen-bond donors (Lipinski definition) is 1. The Bertz CT molecular complexity index is 879. The van der Waals surface area contributed by atoms with Gasteiger partial charge in [-0.25, -0.2) is 4.98 Å². The third-order valence-corrected chi connectivity index (χ3v) is 3.37. The fraction of sp³-hybridized carbons (Fsp3) is 0.0625. The number of pyridine rings is 1. The highest BCUT2D eigenvalue weighted by atomic mass is 16.5. The lowest BCUT2D eigenvalue weighted by atomic mass is 10.1. The summed E-state index contributed by atoms with van der Waals surface area (Å²) < 4.78 is 5.36. The minimum atomic E-state index is 0.591. The Hall–Kier alpha value is -2.95. The van der Waals surface area contributed by atoms with Gasteiger partial charge in [0.05, 0.1) is 6.42 Å². The predicted octanol–water partition coefficient (Wildman–Crippen LogP) is 3.20. The molecule has 3 aromatic heterocycles. The quantitative estimate of drug-likeness (QED) is 0.624. The third kappa shape index (κ3) is 2.18. The Balaban J connectivity index is 1.70. The van der Waals surface area contributed by atoms with Gasteiger partial charge in [-0.05, 0) is 17.7 Å². The normalized spacial score (nSPS) is 11.0. The number of benzene rings is 1. The van der Waals surface area contributed by atoms with E-state index >= 15 is 0 Å². The molecule has 0 saturated carbocycles. The molecule has 0 spiro atoms. The highest BCUT2D eigenvalue weighted by Gasteiger charge is 2.12. The van der Waals surface area contributed by atoms with Crippen LogP contribution in [0.15, 0.2) is 59.4 Å². The van der Waals surface area contributed by atoms with Crippen molar-refractivity contribution >= 4 is 11.0 Å². The number of H-pyrrole nitrogens is 1. The number of rotatable bonds is 3. The average molecular weight is 276 g/mol. The monoisotopic (exact) mass is 276 g/mol. The second kappa shape index (κ2) is 4.86. The summed E-state index contributed by atoms with van der Waals surface area (Å²) in [5, 5.41) is 5.07. The van der Waals surface area contributed by atoms with Gasteiger partial charge < -0.3 is 9.51 Å². The average Bonchev–Trinajstić information content (AvgIpc) is 3.16. The first-order chi connectivity index (χ1) is 10.4. The van der Waals surface area contributed by atoms with Gasteiger partial charge in [-0.15, -0.1) is 0 Å². The van der Waals surface area contributed by atoms with Crippen LogP contribution in [0.2, 0.25) is 0 Å². The van der Waals surface area contributed by atoms with Gasteiger partial charge in [0.25, 0.3) is 0 Å². The van der Waals surface area contributed by atoms with E-state index in [1.165, 1.54) is 0 Å². The zero-order valence-electron chi connectivity index (χ0n) is 11.2. The van der Waals surface area contributed by atoms with E-state index in [1.54, 1.807) is 6.20 Å². The fourth-order valence-corrected chi connectivity index (χ4v) is 2.36. The lowest BCUT2D eigenvalue weighted by molar-refractivity contribution is 0.386. The summed E-state index contributed by atoms with van der Waals surface area (Å²) in [6.45, 7) is 0. The van der Waals surface area contributed by atoms with Crippen molar-refractivity contribution in [1.29, 1.82) is 0 Å². The van der Waals surface area contributed by atoms with Crippen LogP contribution in [0.25, 0.3) is 22.4 Å². The van der Waals surface area contributed by atoms with Crippen molar-refractivity contribution in [3.63, 3.8) is 0 Å². The minimum Gasteiger partial charge on any atom is -0.346 e. The maximum absolute atomic E-state index is 5.36. The van der Waals surface area contributed by atoms with Gasteiger partial charge in [-0.3, -0.25) is 0 Å². The molecule has 0 radical (unpaired) electrons. The van der Waals surface area contributed by atoms with Crippen molar-refractivity contribution in [2.24, 2.45) is 0 Å². The van der Waals surface area contributed by atoms with Crippen molar-refractivity contribution < 1.29 is 4.52 Å². The third-order valence-electron chi connectivity index (χ3n) is 3.37. The van der Waals surface area contributed by atoms with Crippen LogP contribution >= 0.6 is 0 Å². The predicted molar refractivity (Wildman–Crippen MR) is 78.6 cm³/mol. The summed E-state index contributed by atoms with van der Waals surface area (Å²) in [5.74, 6) is 1.20. The molecule has 1 N–H and O–H groups in total. The molecule has 102 valence electrons. The first-order valence-corrected chi connectivity index (χ1v) is 6.69. The molecule has 0 fully saturated rings. The van der Waals surface area contributed by atoms with E-state index in [0.717, 1.165) is 22.2 Å². The summed E-state index contributed by atoms with van der Waals surface area (Å²) in [7, 11) is 0. The van der Waals surface area contributed by atoms with Crippen LogP contribution in [0.3, 0.4) is 0 Å². The minimum absolute atomic E-state index is 0.591. The van der Waals surface area contributed by atoms with Gasteiger partial charge in [0, 0.05) is 23.3 Å². The Morgan fingerprint density at radius 1 is 1.05 bits per heavy atom. The van der Waals surface area contributed by atoms with E-state index in [4.69, 9.17) is 4.52 Å². The van der Waals surface area contributed by atoms with Crippen LogP contribution in [0.4, 0.5) is 0 Å². The van der Waals surface area contributed by atoms with Crippen LogP contribution in [0.1, 0.15) is 11.5 Å². The van der Waals surface area contributed by atoms with E-state index in [2.05, 4.69) is 20.1 Å². The summed E-state index contributed by atoms with van der Waals surface area (Å²) in [6, 6.07) is 13.9. The molecule has 0 saturated heterocycles. The number of nitrogens with zero attached hydrogens (tertiary/aromatic N) is 3. The molecule has 0 atom stereocenters. The lowest BCUT2D eigenvalue weighted by Gasteiger charge is -1.96. The number of nitrogens with one attached hydrogen (secondary N) is 1. The standard InChI is InChI=1S/C16H12N4O/c1-2-4-11(5-3-1)10-14-19-16(20-21-14)13-7-9-18-15-12(13)6-8-17-15/h1-9H,10H2,(H,17,18). The van der Waals surface area contributed by atoms with E-state index in [-0.39, 0.29) is 0 Å². The molecule has 0 aliphatic carbocycles. The van der Waals surface area contributed by atoms with Gasteiger partial charge in [-0.2, -0.15) is 4.98 Å². The molecule has 1 aromatic carbocycles. The molecule has 0 bridgehead atoms. The molecule has 0 amide bonds. The number of fused-ring (bicyclic) bond motifs is 1. The molecule has 4 aromatic rings. The summed E-state index contributed by atoms with van der Waals surface area (Å²) in [4.78, 5) is 11.8. The summed E-state index contributed by atoms with van der Waals surface area (Å²) >= 11 is 0.